The van der Waals surface area contributed by atoms with Crippen molar-refractivity contribution in [1.29, 1.82) is 0 Å². The van der Waals surface area contributed by atoms with E-state index >= 15 is 0 Å². The molecule has 4 heterocycles. The zero-order valence-corrected chi connectivity index (χ0v) is 26.1. The van der Waals surface area contributed by atoms with Crippen molar-refractivity contribution in [3.05, 3.63) is 70.3 Å². The minimum atomic E-state index is -3.07. The van der Waals surface area contributed by atoms with Crippen LogP contribution in [-0.2, 0) is 34.5 Å². The lowest BCUT2D eigenvalue weighted by Crippen LogP contribution is -2.52. The van der Waals surface area contributed by atoms with Crippen molar-refractivity contribution in [2.45, 2.75) is 45.7 Å². The number of anilines is 1. The number of halogens is 2. The molecule has 2 aromatic heterocycles. The first kappa shape index (κ1) is 31.9. The number of aromatic nitrogens is 4. The largest absolute Gasteiger partial charge is 0.460 e. The molecule has 0 aliphatic carbocycles. The van der Waals surface area contributed by atoms with E-state index in [1.165, 1.54) is 16.8 Å². The van der Waals surface area contributed by atoms with Gasteiger partial charge in [-0.1, -0.05) is 26.0 Å². The molecule has 0 spiro atoms. The zero-order valence-electron chi connectivity index (χ0n) is 26.1. The molecule has 47 heavy (non-hydrogen) atoms. The van der Waals surface area contributed by atoms with Gasteiger partial charge in [-0.25, -0.2) is 14.8 Å². The lowest BCUT2D eigenvalue weighted by molar-refractivity contribution is -0.147. The van der Waals surface area contributed by atoms with E-state index in [4.69, 9.17) is 19.9 Å². The van der Waals surface area contributed by atoms with Gasteiger partial charge in [0, 0.05) is 50.2 Å². The van der Waals surface area contributed by atoms with Crippen LogP contribution in [0.3, 0.4) is 0 Å². The van der Waals surface area contributed by atoms with E-state index in [9.17, 15) is 23.2 Å². The molecule has 1 amide bonds. The highest BCUT2D eigenvalue weighted by Gasteiger charge is 2.38. The van der Waals surface area contributed by atoms with Gasteiger partial charge >= 0.3 is 18.7 Å². The van der Waals surface area contributed by atoms with Crippen molar-refractivity contribution in [3.63, 3.8) is 0 Å². The van der Waals surface area contributed by atoms with E-state index in [1.807, 2.05) is 11.0 Å². The van der Waals surface area contributed by atoms with Gasteiger partial charge in [0.15, 0.2) is 0 Å². The topological polar surface area (TPSA) is 147 Å². The second-order valence-electron chi connectivity index (χ2n) is 12.0. The number of rotatable bonds is 10. The molecule has 15 heteroatoms. The van der Waals surface area contributed by atoms with E-state index in [0.717, 1.165) is 5.56 Å². The molecular weight excluding hydrogens is 616 g/mol. The van der Waals surface area contributed by atoms with Crippen molar-refractivity contribution in [2.24, 2.45) is 18.7 Å². The van der Waals surface area contributed by atoms with Crippen molar-refractivity contribution in [1.82, 2.24) is 24.2 Å². The van der Waals surface area contributed by atoms with Gasteiger partial charge in [-0.3, -0.25) is 23.9 Å². The van der Waals surface area contributed by atoms with Gasteiger partial charge in [0.1, 0.15) is 25.0 Å². The lowest BCUT2D eigenvalue weighted by atomic mass is 10.1. The fourth-order valence-electron chi connectivity index (χ4n) is 5.79. The van der Waals surface area contributed by atoms with Crippen molar-refractivity contribution >= 4 is 28.9 Å². The minimum absolute atomic E-state index is 0.00282. The van der Waals surface area contributed by atoms with Crippen molar-refractivity contribution < 1.29 is 32.6 Å². The molecule has 4 aromatic rings. The third-order valence-electron chi connectivity index (χ3n) is 8.57. The smallest absolute Gasteiger partial charge is 0.410 e. The number of nitrogens with zero attached hydrogens (tertiary/aromatic N) is 6. The third kappa shape index (κ3) is 6.48. The fraction of sp³-hybridized carbons (Fsp3) is 0.406. The number of ether oxygens (including phenoxy) is 3. The standard InChI is InChI=1S/C32H35F2N7O6/c1-18(2)27(35)29(43)45-16-19-4-7-26(47-30(33)34)21(10-19)14-41-25-11-20(5-6-24(25)28(42)38(41)3)22-12-36-31(37-13-22)39-8-9-40-23(15-39)17-46-32(40)44/h4-7,10-13,18,23,27,30H,8-9,14-17,35H2,1-3H3/t23-,27-/m0/s1. The summed E-state index contributed by atoms with van der Waals surface area (Å²) in [7, 11) is 1.59. The second-order valence-corrected chi connectivity index (χ2v) is 12.0. The molecule has 0 saturated carbocycles. The number of amides is 1. The molecule has 2 atom stereocenters. The molecule has 0 unspecified atom stereocenters. The normalized spacial score (nSPS) is 16.9. The molecule has 0 radical (unpaired) electrons. The van der Waals surface area contributed by atoms with Crippen LogP contribution in [0, 0.1) is 5.92 Å². The summed E-state index contributed by atoms with van der Waals surface area (Å²) in [5, 5.41) is 0.434. The Labute approximate surface area is 268 Å². The first-order valence-corrected chi connectivity index (χ1v) is 15.2. The number of hydrogen-bond acceptors (Lipinski definition) is 10. The number of fused-ring (bicyclic) bond motifs is 2. The monoisotopic (exact) mass is 651 g/mol. The Balaban J connectivity index is 1.27. The first-order valence-electron chi connectivity index (χ1n) is 15.2. The molecule has 13 nitrogen and oxygen atoms in total. The second kappa shape index (κ2) is 13.0. The minimum Gasteiger partial charge on any atom is -0.460 e. The number of piperazine rings is 1. The van der Waals surface area contributed by atoms with E-state index in [1.54, 1.807) is 61.1 Å². The maximum atomic E-state index is 13.4. The first-order chi connectivity index (χ1) is 22.5. The van der Waals surface area contributed by atoms with Crippen LogP contribution in [0.2, 0.25) is 0 Å². The molecule has 2 aliphatic rings. The molecule has 2 aromatic carbocycles. The van der Waals surface area contributed by atoms with Crippen molar-refractivity contribution in [2.75, 3.05) is 31.1 Å². The quantitative estimate of drug-likeness (QED) is 0.254. The van der Waals surface area contributed by atoms with Gasteiger partial charge in [0.25, 0.3) is 5.56 Å². The number of nitrogens with two attached hydrogens (primary N) is 1. The van der Waals surface area contributed by atoms with Crippen LogP contribution in [0.15, 0.2) is 53.6 Å². The van der Waals surface area contributed by atoms with Crippen LogP contribution in [0.4, 0.5) is 19.5 Å². The van der Waals surface area contributed by atoms with Crippen LogP contribution in [-0.4, -0.2) is 81.2 Å². The van der Waals surface area contributed by atoms with Gasteiger partial charge in [-0.2, -0.15) is 8.78 Å². The Bertz CT molecular complexity index is 1860. The van der Waals surface area contributed by atoms with Crippen LogP contribution in [0.25, 0.3) is 22.0 Å². The van der Waals surface area contributed by atoms with Gasteiger partial charge in [0.2, 0.25) is 5.95 Å². The molecule has 2 N–H and O–H groups in total. The molecule has 2 fully saturated rings. The summed E-state index contributed by atoms with van der Waals surface area (Å²) in [6.45, 7) is 2.45. The highest BCUT2D eigenvalue weighted by molar-refractivity contribution is 5.84. The van der Waals surface area contributed by atoms with Crippen LogP contribution < -0.4 is 20.9 Å². The maximum Gasteiger partial charge on any atom is 0.410 e. The highest BCUT2D eigenvalue weighted by atomic mass is 19.3. The number of esters is 1. The Kier molecular flexibility index (Phi) is 8.82. The summed E-state index contributed by atoms with van der Waals surface area (Å²) < 4.78 is 45.1. The molecular formula is C32H35F2N7O6. The van der Waals surface area contributed by atoms with E-state index in [-0.39, 0.29) is 42.5 Å². The Morgan fingerprint density at radius 2 is 1.85 bits per heavy atom. The summed E-state index contributed by atoms with van der Waals surface area (Å²) >= 11 is 0. The zero-order chi connectivity index (χ0) is 33.4. The summed E-state index contributed by atoms with van der Waals surface area (Å²) in [6.07, 6.45) is 3.10. The lowest BCUT2D eigenvalue weighted by Gasteiger charge is -2.35. The van der Waals surface area contributed by atoms with Gasteiger partial charge in [-0.05, 0) is 41.3 Å². The molecule has 2 saturated heterocycles. The van der Waals surface area contributed by atoms with Crippen LogP contribution in [0.5, 0.6) is 5.75 Å². The average molecular weight is 652 g/mol. The predicted octanol–water partition coefficient (Wildman–Crippen LogP) is 3.11. The van der Waals surface area contributed by atoms with Gasteiger partial charge in [-0.15, -0.1) is 0 Å². The fourth-order valence-corrected chi connectivity index (χ4v) is 5.79. The van der Waals surface area contributed by atoms with E-state index in [2.05, 4.69) is 9.97 Å². The van der Waals surface area contributed by atoms with Gasteiger partial charge < -0.3 is 24.8 Å². The summed E-state index contributed by atoms with van der Waals surface area (Å²) in [4.78, 5) is 50.2. The number of benzene rings is 2. The van der Waals surface area contributed by atoms with E-state index in [0.29, 0.717) is 59.8 Å². The van der Waals surface area contributed by atoms with E-state index < -0.39 is 18.6 Å². The summed E-state index contributed by atoms with van der Waals surface area (Å²) in [6, 6.07) is 9.02. The van der Waals surface area contributed by atoms with Crippen LogP contribution in [0.1, 0.15) is 25.0 Å². The number of carbonyl (C=O) groups excluding carboxylic acids is 2. The summed E-state index contributed by atoms with van der Waals surface area (Å²) in [5.41, 5.74) is 8.52. The molecule has 248 valence electrons. The predicted molar refractivity (Wildman–Crippen MR) is 167 cm³/mol. The number of hydrogen-bond donors (Lipinski definition) is 1. The number of carbonyl (C=O) groups is 2. The Morgan fingerprint density at radius 3 is 2.57 bits per heavy atom. The van der Waals surface area contributed by atoms with Crippen LogP contribution >= 0.6 is 0 Å². The van der Waals surface area contributed by atoms with Crippen molar-refractivity contribution in [3.8, 4) is 16.9 Å². The number of alkyl halides is 2. The molecule has 0 bridgehead atoms. The Morgan fingerprint density at radius 1 is 1.09 bits per heavy atom. The maximum absolute atomic E-state index is 13.4. The van der Waals surface area contributed by atoms with Gasteiger partial charge in [0.05, 0.1) is 23.5 Å². The third-order valence-corrected chi connectivity index (χ3v) is 8.57. The summed E-state index contributed by atoms with van der Waals surface area (Å²) in [5.74, 6) is -0.222. The Hall–Kier alpha value is -5.05. The highest BCUT2D eigenvalue weighted by Crippen LogP contribution is 2.28. The average Bonchev–Trinajstić information content (AvgIpc) is 3.55. The SMILES string of the molecule is CC(C)[C@H](N)C(=O)OCc1ccc(OC(F)F)c(Cn2c3cc(-c4cnc(N5CCN6C(=O)OC[C@@H]6C5)nc4)ccc3c(=O)n2C)c1. The molecule has 6 rings (SSSR count). The number of cyclic esters (lactones) is 1. The molecule has 2 aliphatic heterocycles.